The molecule has 1 aliphatic carbocycles. The largest absolute Gasteiger partial charge is 0.314 e. The minimum atomic E-state index is 0.603. The summed E-state index contributed by atoms with van der Waals surface area (Å²) in [6.45, 7) is 3.36. The van der Waals surface area contributed by atoms with Crippen LogP contribution in [0.3, 0.4) is 0 Å². The smallest absolute Gasteiger partial charge is 0.0410 e. The molecule has 112 valence electrons. The van der Waals surface area contributed by atoms with Crippen LogP contribution in [0.4, 0.5) is 0 Å². The van der Waals surface area contributed by atoms with Crippen LogP contribution < -0.4 is 5.32 Å². The Kier molecular flexibility index (Phi) is 7.01. The molecule has 1 atom stereocenters. The minimum Gasteiger partial charge on any atom is -0.314 e. The fourth-order valence-electron chi connectivity index (χ4n) is 3.21. The van der Waals surface area contributed by atoms with Crippen LogP contribution >= 0.6 is 15.9 Å². The zero-order valence-corrected chi connectivity index (χ0v) is 14.2. The van der Waals surface area contributed by atoms with Crippen LogP contribution in [0, 0.1) is 5.92 Å². The average molecular weight is 339 g/mol. The summed E-state index contributed by atoms with van der Waals surface area (Å²) < 4.78 is 1.08. The van der Waals surface area contributed by atoms with E-state index in [2.05, 4.69) is 39.2 Å². The van der Waals surface area contributed by atoms with Gasteiger partial charge in [-0.2, -0.15) is 0 Å². The molecule has 0 spiro atoms. The molecule has 3 heteroatoms. The molecule has 2 rings (SSSR count). The standard InChI is InChI=1S/C17H27BrN2/c1-2-9-20-17(8-7-14-5-3-4-6-14)11-15-10-16(18)13-19-12-15/h10,12-14,17,20H,2-9,11H2,1H3. The summed E-state index contributed by atoms with van der Waals surface area (Å²) in [6.07, 6.45) is 14.7. The maximum Gasteiger partial charge on any atom is 0.0410 e. The average Bonchev–Trinajstić information content (AvgIpc) is 2.95. The van der Waals surface area contributed by atoms with E-state index < -0.39 is 0 Å². The van der Waals surface area contributed by atoms with E-state index in [1.165, 1.54) is 50.5 Å². The van der Waals surface area contributed by atoms with Gasteiger partial charge in [0.05, 0.1) is 0 Å². The highest BCUT2D eigenvalue weighted by Crippen LogP contribution is 2.29. The first-order valence-corrected chi connectivity index (χ1v) is 8.90. The molecule has 1 saturated carbocycles. The second-order valence-electron chi connectivity index (χ2n) is 6.09. The van der Waals surface area contributed by atoms with Gasteiger partial charge in [0.2, 0.25) is 0 Å². The maximum atomic E-state index is 4.28. The highest BCUT2D eigenvalue weighted by molar-refractivity contribution is 9.10. The van der Waals surface area contributed by atoms with Crippen LogP contribution in [-0.2, 0) is 6.42 Å². The minimum absolute atomic E-state index is 0.603. The van der Waals surface area contributed by atoms with Gasteiger partial charge in [-0.3, -0.25) is 4.98 Å². The Balaban J connectivity index is 1.85. The number of rotatable bonds is 8. The summed E-state index contributed by atoms with van der Waals surface area (Å²) in [5.74, 6) is 0.988. The van der Waals surface area contributed by atoms with E-state index in [4.69, 9.17) is 0 Å². The molecule has 0 aliphatic heterocycles. The number of halogens is 1. The van der Waals surface area contributed by atoms with Crippen LogP contribution in [0.1, 0.15) is 57.4 Å². The van der Waals surface area contributed by atoms with E-state index in [1.807, 2.05) is 12.4 Å². The Bertz CT molecular complexity index is 388. The van der Waals surface area contributed by atoms with E-state index >= 15 is 0 Å². The summed E-state index contributed by atoms with van der Waals surface area (Å²) in [5, 5.41) is 3.72. The molecule has 1 N–H and O–H groups in total. The second-order valence-corrected chi connectivity index (χ2v) is 7.01. The fourth-order valence-corrected chi connectivity index (χ4v) is 3.62. The van der Waals surface area contributed by atoms with E-state index in [0.29, 0.717) is 6.04 Å². The first-order valence-electron chi connectivity index (χ1n) is 8.10. The van der Waals surface area contributed by atoms with E-state index in [9.17, 15) is 0 Å². The lowest BCUT2D eigenvalue weighted by molar-refractivity contribution is 0.402. The number of pyridine rings is 1. The monoisotopic (exact) mass is 338 g/mol. The van der Waals surface area contributed by atoms with E-state index in [-0.39, 0.29) is 0 Å². The zero-order chi connectivity index (χ0) is 14.2. The summed E-state index contributed by atoms with van der Waals surface area (Å²) in [4.78, 5) is 4.28. The van der Waals surface area contributed by atoms with Crippen molar-refractivity contribution in [1.29, 1.82) is 0 Å². The second kappa shape index (κ2) is 8.78. The van der Waals surface area contributed by atoms with Crippen molar-refractivity contribution in [3.05, 3.63) is 28.5 Å². The number of hydrogen-bond donors (Lipinski definition) is 1. The highest BCUT2D eigenvalue weighted by Gasteiger charge is 2.17. The molecule has 1 heterocycles. The van der Waals surface area contributed by atoms with Gasteiger partial charge in [0.25, 0.3) is 0 Å². The molecule has 1 unspecified atom stereocenters. The summed E-state index contributed by atoms with van der Waals surface area (Å²) in [6, 6.07) is 2.80. The molecule has 0 saturated heterocycles. The molecule has 0 bridgehead atoms. The molecule has 20 heavy (non-hydrogen) atoms. The highest BCUT2D eigenvalue weighted by atomic mass is 79.9. The molecule has 2 nitrogen and oxygen atoms in total. The van der Waals surface area contributed by atoms with Gasteiger partial charge in [-0.1, -0.05) is 32.6 Å². The van der Waals surface area contributed by atoms with Gasteiger partial charge in [-0.15, -0.1) is 0 Å². The van der Waals surface area contributed by atoms with Gasteiger partial charge in [-0.25, -0.2) is 0 Å². The fraction of sp³-hybridized carbons (Fsp3) is 0.706. The van der Waals surface area contributed by atoms with Crippen LogP contribution in [0.15, 0.2) is 22.9 Å². The Morgan fingerprint density at radius 3 is 2.85 bits per heavy atom. The predicted octanol–water partition coefficient (Wildman–Crippen LogP) is 4.73. The SMILES string of the molecule is CCCNC(CCC1CCCC1)Cc1cncc(Br)c1. The molecule has 1 aromatic heterocycles. The predicted molar refractivity (Wildman–Crippen MR) is 88.9 cm³/mol. The van der Waals surface area contributed by atoms with Crippen LogP contribution in [0.5, 0.6) is 0 Å². The summed E-state index contributed by atoms with van der Waals surface area (Å²) in [7, 11) is 0. The summed E-state index contributed by atoms with van der Waals surface area (Å²) >= 11 is 3.51. The normalized spacial score (nSPS) is 17.5. The number of nitrogens with one attached hydrogen (secondary N) is 1. The van der Waals surface area contributed by atoms with Gasteiger partial charge in [0.1, 0.15) is 0 Å². The number of hydrogen-bond acceptors (Lipinski definition) is 2. The van der Waals surface area contributed by atoms with Gasteiger partial charge < -0.3 is 5.32 Å². The Morgan fingerprint density at radius 1 is 1.35 bits per heavy atom. The van der Waals surface area contributed by atoms with Crippen molar-refractivity contribution in [2.75, 3.05) is 6.54 Å². The van der Waals surface area contributed by atoms with Gasteiger partial charge in [0, 0.05) is 22.9 Å². The maximum absolute atomic E-state index is 4.28. The van der Waals surface area contributed by atoms with E-state index in [1.54, 1.807) is 0 Å². The quantitative estimate of drug-likeness (QED) is 0.741. The Morgan fingerprint density at radius 2 is 2.15 bits per heavy atom. The first-order chi connectivity index (χ1) is 9.78. The van der Waals surface area contributed by atoms with E-state index in [0.717, 1.165) is 23.4 Å². The van der Waals surface area contributed by atoms with Crippen molar-refractivity contribution in [2.24, 2.45) is 5.92 Å². The molecule has 0 amide bonds. The molecular weight excluding hydrogens is 312 g/mol. The molecule has 0 aromatic carbocycles. The Hall–Kier alpha value is -0.410. The van der Waals surface area contributed by atoms with Crippen LogP contribution in [-0.4, -0.2) is 17.6 Å². The van der Waals surface area contributed by atoms with Crippen molar-refractivity contribution in [2.45, 2.75) is 64.3 Å². The van der Waals surface area contributed by atoms with Crippen molar-refractivity contribution >= 4 is 15.9 Å². The molecule has 1 aliphatic rings. The molecule has 1 aromatic rings. The zero-order valence-electron chi connectivity index (χ0n) is 12.6. The third-order valence-electron chi connectivity index (χ3n) is 4.32. The Labute approximate surface area is 131 Å². The number of nitrogens with zero attached hydrogens (tertiary/aromatic N) is 1. The topological polar surface area (TPSA) is 24.9 Å². The van der Waals surface area contributed by atoms with Crippen molar-refractivity contribution in [1.82, 2.24) is 10.3 Å². The van der Waals surface area contributed by atoms with Gasteiger partial charge in [0.15, 0.2) is 0 Å². The van der Waals surface area contributed by atoms with Gasteiger partial charge >= 0.3 is 0 Å². The molecule has 0 radical (unpaired) electrons. The van der Waals surface area contributed by atoms with Crippen molar-refractivity contribution < 1.29 is 0 Å². The first kappa shape index (κ1) is 16.0. The van der Waals surface area contributed by atoms with Crippen molar-refractivity contribution in [3.63, 3.8) is 0 Å². The van der Waals surface area contributed by atoms with Gasteiger partial charge in [-0.05, 0) is 65.7 Å². The lowest BCUT2D eigenvalue weighted by Crippen LogP contribution is -2.32. The molecular formula is C17H27BrN2. The molecule has 1 fully saturated rings. The lowest BCUT2D eigenvalue weighted by Gasteiger charge is -2.20. The lowest BCUT2D eigenvalue weighted by atomic mass is 9.95. The van der Waals surface area contributed by atoms with Crippen molar-refractivity contribution in [3.8, 4) is 0 Å². The summed E-state index contributed by atoms with van der Waals surface area (Å²) in [5.41, 5.74) is 1.33. The number of aromatic nitrogens is 1. The van der Waals surface area contributed by atoms with Crippen LogP contribution in [0.2, 0.25) is 0 Å². The third kappa shape index (κ3) is 5.53. The van der Waals surface area contributed by atoms with Crippen LogP contribution in [0.25, 0.3) is 0 Å². The third-order valence-corrected chi connectivity index (χ3v) is 4.76.